The van der Waals surface area contributed by atoms with E-state index < -0.39 is 0 Å². The van der Waals surface area contributed by atoms with Crippen molar-refractivity contribution < 1.29 is 4.74 Å². The number of aryl methyl sites for hydroxylation is 2. The molecule has 22 heavy (non-hydrogen) atoms. The van der Waals surface area contributed by atoms with Crippen molar-refractivity contribution in [3.05, 3.63) is 29.2 Å². The van der Waals surface area contributed by atoms with E-state index in [0.717, 1.165) is 48.4 Å². The van der Waals surface area contributed by atoms with Gasteiger partial charge < -0.3 is 9.64 Å². The van der Waals surface area contributed by atoms with Crippen molar-refractivity contribution in [1.82, 2.24) is 25.1 Å². The molecule has 7 nitrogen and oxygen atoms in total. The van der Waals surface area contributed by atoms with Crippen LogP contribution in [0.15, 0.2) is 6.07 Å². The summed E-state index contributed by atoms with van der Waals surface area (Å²) in [5.74, 6) is 3.35. The molecule has 118 valence electrons. The Labute approximate surface area is 130 Å². The van der Waals surface area contributed by atoms with Crippen molar-refractivity contribution in [3.63, 3.8) is 0 Å². The van der Waals surface area contributed by atoms with Crippen molar-refractivity contribution in [2.24, 2.45) is 0 Å². The molecule has 0 aliphatic carbocycles. The Morgan fingerprint density at radius 3 is 2.91 bits per heavy atom. The first-order chi connectivity index (χ1) is 10.7. The Bertz CT molecular complexity index is 620. The topological polar surface area (TPSA) is 79.8 Å². The van der Waals surface area contributed by atoms with Gasteiger partial charge in [-0.05, 0) is 33.1 Å². The number of hydrogen-bond acceptors (Lipinski definition) is 6. The van der Waals surface area contributed by atoms with Crippen LogP contribution in [-0.4, -0.2) is 38.8 Å². The number of aromatic amines is 1. The second kappa shape index (κ2) is 6.39. The fourth-order valence-electron chi connectivity index (χ4n) is 2.98. The molecule has 1 N–H and O–H groups in total. The number of nitrogens with zero attached hydrogens (tertiary/aromatic N) is 5. The lowest BCUT2D eigenvalue weighted by Crippen LogP contribution is -2.35. The van der Waals surface area contributed by atoms with E-state index in [-0.39, 0.29) is 6.04 Å². The number of methoxy groups -OCH3 is 1. The highest BCUT2D eigenvalue weighted by Gasteiger charge is 2.28. The molecule has 0 aromatic carbocycles. The third-order valence-corrected chi connectivity index (χ3v) is 3.88. The summed E-state index contributed by atoms with van der Waals surface area (Å²) in [6.45, 7) is 5.35. The van der Waals surface area contributed by atoms with Gasteiger partial charge in [-0.1, -0.05) is 0 Å². The van der Waals surface area contributed by atoms with Crippen LogP contribution in [0.4, 0.5) is 5.82 Å². The number of nitrogens with one attached hydrogen (secondary N) is 1. The molecule has 0 bridgehead atoms. The molecule has 1 fully saturated rings. The number of piperidine rings is 1. The minimum absolute atomic E-state index is 0.157. The third kappa shape index (κ3) is 3.09. The second-order valence-electron chi connectivity index (χ2n) is 5.69. The Kier molecular flexibility index (Phi) is 4.33. The highest BCUT2D eigenvalue weighted by Crippen LogP contribution is 2.32. The van der Waals surface area contributed by atoms with Gasteiger partial charge in [-0.3, -0.25) is 5.10 Å². The standard InChI is InChI=1S/C15H22N6O/c1-10-8-14(17-11(2)16-10)21-7-5-4-6-12(21)15-18-13(9-22-3)19-20-15/h8,12H,4-7,9H2,1-3H3,(H,18,19,20)/t12-/m0/s1. The predicted molar refractivity (Wildman–Crippen MR) is 82.5 cm³/mol. The number of aromatic nitrogens is 5. The normalized spacial score (nSPS) is 18.7. The second-order valence-corrected chi connectivity index (χ2v) is 5.69. The van der Waals surface area contributed by atoms with Gasteiger partial charge in [-0.2, -0.15) is 5.10 Å². The molecular formula is C15H22N6O. The largest absolute Gasteiger partial charge is 0.377 e. The molecule has 1 aliphatic heterocycles. The molecule has 0 spiro atoms. The number of hydrogen-bond donors (Lipinski definition) is 1. The molecule has 0 amide bonds. The van der Waals surface area contributed by atoms with Crippen LogP contribution in [0.25, 0.3) is 0 Å². The summed E-state index contributed by atoms with van der Waals surface area (Å²) in [5, 5.41) is 7.33. The lowest BCUT2D eigenvalue weighted by atomic mass is 10.0. The van der Waals surface area contributed by atoms with Crippen molar-refractivity contribution >= 4 is 5.82 Å². The van der Waals surface area contributed by atoms with Gasteiger partial charge in [0.1, 0.15) is 18.2 Å². The number of H-pyrrole nitrogens is 1. The van der Waals surface area contributed by atoms with Crippen LogP contribution in [0.3, 0.4) is 0 Å². The summed E-state index contributed by atoms with van der Waals surface area (Å²) in [6, 6.07) is 2.19. The number of rotatable bonds is 4. The summed E-state index contributed by atoms with van der Waals surface area (Å²) in [6.07, 6.45) is 3.37. The molecule has 3 rings (SSSR count). The first kappa shape index (κ1) is 14.9. The molecule has 2 aromatic heterocycles. The van der Waals surface area contributed by atoms with E-state index in [1.165, 1.54) is 6.42 Å². The molecule has 0 radical (unpaired) electrons. The van der Waals surface area contributed by atoms with Gasteiger partial charge in [0, 0.05) is 25.4 Å². The SMILES string of the molecule is COCc1nc([C@@H]2CCCCN2c2cc(C)nc(C)n2)n[nH]1. The summed E-state index contributed by atoms with van der Waals surface area (Å²) in [7, 11) is 1.65. The Balaban J connectivity index is 1.89. The van der Waals surface area contributed by atoms with Crippen molar-refractivity contribution in [1.29, 1.82) is 0 Å². The van der Waals surface area contributed by atoms with Crippen LogP contribution in [0, 0.1) is 13.8 Å². The van der Waals surface area contributed by atoms with Gasteiger partial charge in [0.2, 0.25) is 0 Å². The smallest absolute Gasteiger partial charge is 0.173 e. The fourth-order valence-corrected chi connectivity index (χ4v) is 2.98. The third-order valence-electron chi connectivity index (χ3n) is 3.88. The van der Waals surface area contributed by atoms with E-state index in [0.29, 0.717) is 6.61 Å². The van der Waals surface area contributed by atoms with Crippen LogP contribution >= 0.6 is 0 Å². The first-order valence-electron chi connectivity index (χ1n) is 7.66. The van der Waals surface area contributed by atoms with E-state index in [9.17, 15) is 0 Å². The lowest BCUT2D eigenvalue weighted by molar-refractivity contribution is 0.178. The predicted octanol–water partition coefficient (Wildman–Crippen LogP) is 2.09. The van der Waals surface area contributed by atoms with E-state index in [4.69, 9.17) is 4.74 Å². The molecule has 1 atom stereocenters. The maximum Gasteiger partial charge on any atom is 0.173 e. The molecule has 3 heterocycles. The average Bonchev–Trinajstić information content (AvgIpc) is 2.95. The zero-order chi connectivity index (χ0) is 15.5. The molecule has 1 saturated heterocycles. The molecule has 0 saturated carbocycles. The maximum absolute atomic E-state index is 5.10. The minimum atomic E-state index is 0.157. The highest BCUT2D eigenvalue weighted by atomic mass is 16.5. The van der Waals surface area contributed by atoms with Gasteiger partial charge in [-0.15, -0.1) is 0 Å². The molecular weight excluding hydrogens is 280 g/mol. The zero-order valence-corrected chi connectivity index (χ0v) is 13.3. The summed E-state index contributed by atoms with van der Waals surface area (Å²) in [5.41, 5.74) is 0.988. The maximum atomic E-state index is 5.10. The van der Waals surface area contributed by atoms with Gasteiger partial charge in [0.05, 0.1) is 6.04 Å². The summed E-state index contributed by atoms with van der Waals surface area (Å²) in [4.78, 5) is 15.8. The summed E-state index contributed by atoms with van der Waals surface area (Å²) < 4.78 is 5.10. The van der Waals surface area contributed by atoms with E-state index in [1.807, 2.05) is 19.9 Å². The number of anilines is 1. The number of ether oxygens (including phenoxy) is 1. The molecule has 2 aromatic rings. The van der Waals surface area contributed by atoms with Crippen LogP contribution in [0.1, 0.15) is 48.5 Å². The fraction of sp³-hybridized carbons (Fsp3) is 0.600. The quantitative estimate of drug-likeness (QED) is 0.931. The average molecular weight is 302 g/mol. The van der Waals surface area contributed by atoms with Gasteiger partial charge >= 0.3 is 0 Å². The van der Waals surface area contributed by atoms with E-state index in [2.05, 4.69) is 30.0 Å². The zero-order valence-electron chi connectivity index (χ0n) is 13.3. The van der Waals surface area contributed by atoms with Crippen molar-refractivity contribution in [3.8, 4) is 0 Å². The monoisotopic (exact) mass is 302 g/mol. The lowest BCUT2D eigenvalue weighted by Gasteiger charge is -2.35. The van der Waals surface area contributed by atoms with Crippen LogP contribution in [0.2, 0.25) is 0 Å². The van der Waals surface area contributed by atoms with Crippen LogP contribution in [0.5, 0.6) is 0 Å². The Morgan fingerprint density at radius 1 is 1.27 bits per heavy atom. The summed E-state index contributed by atoms with van der Waals surface area (Å²) >= 11 is 0. The van der Waals surface area contributed by atoms with Crippen molar-refractivity contribution in [2.75, 3.05) is 18.6 Å². The van der Waals surface area contributed by atoms with Gasteiger partial charge in [0.15, 0.2) is 11.6 Å². The minimum Gasteiger partial charge on any atom is -0.377 e. The van der Waals surface area contributed by atoms with Crippen LogP contribution < -0.4 is 4.90 Å². The Hall–Kier alpha value is -2.02. The Morgan fingerprint density at radius 2 is 2.14 bits per heavy atom. The highest BCUT2D eigenvalue weighted by molar-refractivity contribution is 5.42. The van der Waals surface area contributed by atoms with E-state index >= 15 is 0 Å². The first-order valence-corrected chi connectivity index (χ1v) is 7.66. The molecule has 7 heteroatoms. The van der Waals surface area contributed by atoms with Crippen molar-refractivity contribution in [2.45, 2.75) is 45.8 Å². The van der Waals surface area contributed by atoms with Crippen LogP contribution in [-0.2, 0) is 11.3 Å². The van der Waals surface area contributed by atoms with Gasteiger partial charge in [-0.25, -0.2) is 15.0 Å². The van der Waals surface area contributed by atoms with Gasteiger partial charge in [0.25, 0.3) is 0 Å². The van der Waals surface area contributed by atoms with E-state index in [1.54, 1.807) is 7.11 Å². The molecule has 1 aliphatic rings. The molecule has 0 unspecified atom stereocenters.